The molecule has 1 aromatic heterocycles. The highest BCUT2D eigenvalue weighted by atomic mass is 32.2. The Kier molecular flexibility index (Phi) is 7.04. The van der Waals surface area contributed by atoms with Gasteiger partial charge in [-0.3, -0.25) is 4.79 Å². The van der Waals surface area contributed by atoms with Gasteiger partial charge >= 0.3 is 5.97 Å². The molecule has 1 aromatic rings. The van der Waals surface area contributed by atoms with E-state index in [4.69, 9.17) is 4.74 Å². The second kappa shape index (κ2) is 8.70. The van der Waals surface area contributed by atoms with Crippen LogP contribution in [0.1, 0.15) is 54.9 Å². The number of rotatable bonds is 7. The van der Waals surface area contributed by atoms with Crippen LogP contribution < -0.4 is 0 Å². The van der Waals surface area contributed by atoms with Gasteiger partial charge < -0.3 is 9.64 Å². The molecule has 0 atom stereocenters. The monoisotopic (exact) mass is 416 g/mol. The number of esters is 1. The van der Waals surface area contributed by atoms with Gasteiger partial charge in [-0.15, -0.1) is 11.3 Å². The summed E-state index contributed by atoms with van der Waals surface area (Å²) in [5.41, 5.74) is 0.839. The number of carbonyl (C=O) groups is 2. The van der Waals surface area contributed by atoms with Crippen molar-refractivity contribution in [3.63, 3.8) is 0 Å². The molecule has 0 aliphatic carbocycles. The molecule has 0 fully saturated rings. The molecule has 152 valence electrons. The van der Waals surface area contributed by atoms with Gasteiger partial charge in [-0.05, 0) is 17.9 Å². The fourth-order valence-corrected chi connectivity index (χ4v) is 6.74. The fraction of sp³-hybridized carbons (Fsp3) is 0.667. The summed E-state index contributed by atoms with van der Waals surface area (Å²) in [7, 11) is -2.54. The van der Waals surface area contributed by atoms with Crippen molar-refractivity contribution in [2.24, 2.45) is 5.92 Å². The number of nitrogens with zero attached hydrogens (tertiary/aromatic N) is 2. The second-order valence-electron chi connectivity index (χ2n) is 6.91. The average Bonchev–Trinajstić information content (AvgIpc) is 3.00. The van der Waals surface area contributed by atoms with Crippen LogP contribution >= 0.6 is 11.3 Å². The van der Waals surface area contributed by atoms with Crippen molar-refractivity contribution in [3.8, 4) is 0 Å². The predicted molar refractivity (Wildman–Crippen MR) is 104 cm³/mol. The molecule has 7 nitrogen and oxygen atoms in total. The topological polar surface area (TPSA) is 84.0 Å². The number of amides is 1. The smallest absolute Gasteiger partial charge is 0.340 e. The Bertz CT molecular complexity index is 810. The van der Waals surface area contributed by atoms with Crippen LogP contribution in [0.4, 0.5) is 0 Å². The summed E-state index contributed by atoms with van der Waals surface area (Å²) < 4.78 is 32.4. The summed E-state index contributed by atoms with van der Waals surface area (Å²) in [6.07, 6.45) is 0.906. The van der Waals surface area contributed by atoms with Crippen LogP contribution in [0.5, 0.6) is 0 Å². The van der Waals surface area contributed by atoms with Crippen molar-refractivity contribution < 1.29 is 22.7 Å². The van der Waals surface area contributed by atoms with Gasteiger partial charge in [-0.2, -0.15) is 4.31 Å². The average molecular weight is 417 g/mol. The zero-order chi connectivity index (χ0) is 20.4. The van der Waals surface area contributed by atoms with Crippen LogP contribution in [0, 0.1) is 5.92 Å². The van der Waals surface area contributed by atoms with Crippen LogP contribution in [-0.4, -0.2) is 56.2 Å². The Morgan fingerprint density at radius 3 is 2.41 bits per heavy atom. The van der Waals surface area contributed by atoms with Gasteiger partial charge in [-0.1, -0.05) is 27.7 Å². The number of carbonyl (C=O) groups excluding carboxylic acids is 2. The normalized spacial score (nSPS) is 14.6. The van der Waals surface area contributed by atoms with E-state index in [0.717, 1.165) is 16.2 Å². The van der Waals surface area contributed by atoms with Crippen LogP contribution in [-0.2, 0) is 32.5 Å². The van der Waals surface area contributed by atoms with Crippen LogP contribution in [0.25, 0.3) is 0 Å². The minimum absolute atomic E-state index is 0.0289. The molecule has 27 heavy (non-hydrogen) atoms. The van der Waals surface area contributed by atoms with Gasteiger partial charge in [0.15, 0.2) is 0 Å². The molecule has 0 radical (unpaired) electrons. The zero-order valence-electron chi connectivity index (χ0n) is 16.6. The van der Waals surface area contributed by atoms with E-state index in [0.29, 0.717) is 44.6 Å². The van der Waals surface area contributed by atoms with Crippen LogP contribution in [0.15, 0.2) is 4.21 Å². The minimum atomic E-state index is -3.79. The third kappa shape index (κ3) is 4.35. The molecule has 0 aromatic carbocycles. The maximum atomic E-state index is 13.1. The van der Waals surface area contributed by atoms with Gasteiger partial charge in [0.2, 0.25) is 5.91 Å². The molecule has 0 unspecified atom stereocenters. The lowest BCUT2D eigenvalue weighted by Crippen LogP contribution is -2.36. The largest absolute Gasteiger partial charge is 0.465 e. The van der Waals surface area contributed by atoms with Gasteiger partial charge in [-0.25, -0.2) is 13.2 Å². The number of hydrogen-bond acceptors (Lipinski definition) is 6. The molecule has 0 spiro atoms. The lowest BCUT2D eigenvalue weighted by Gasteiger charge is -2.28. The second-order valence-corrected chi connectivity index (χ2v) is 10.1. The molecule has 1 aliphatic rings. The van der Waals surface area contributed by atoms with Crippen molar-refractivity contribution in [2.45, 2.75) is 51.3 Å². The summed E-state index contributed by atoms with van der Waals surface area (Å²) in [4.78, 5) is 27.3. The molecule has 2 heterocycles. The standard InChI is InChI=1S/C18H28N2O5S2/c1-6-20(7-2)27(23,24)18-16(17(22)25-5)13-8-9-19(11-14(13)26-18)15(21)10-12(3)4/h12H,6-11H2,1-5H3. The highest BCUT2D eigenvalue weighted by Gasteiger charge is 2.36. The number of thiophene rings is 1. The van der Waals surface area contributed by atoms with E-state index < -0.39 is 16.0 Å². The van der Waals surface area contributed by atoms with E-state index in [1.165, 1.54) is 11.4 Å². The Hall–Kier alpha value is -1.45. The van der Waals surface area contributed by atoms with E-state index in [9.17, 15) is 18.0 Å². The molecule has 0 N–H and O–H groups in total. The summed E-state index contributed by atoms with van der Waals surface area (Å²) in [6.45, 7) is 8.96. The van der Waals surface area contributed by atoms with Gasteiger partial charge in [0.05, 0.1) is 19.2 Å². The Balaban J connectivity index is 2.49. The van der Waals surface area contributed by atoms with E-state index in [2.05, 4.69) is 0 Å². The third-order valence-electron chi connectivity index (χ3n) is 4.63. The first kappa shape index (κ1) is 21.8. The number of ether oxygens (including phenoxy) is 1. The molecule has 0 bridgehead atoms. The van der Waals surface area contributed by atoms with Crippen molar-refractivity contribution in [3.05, 3.63) is 16.0 Å². The number of sulfonamides is 1. The molecular formula is C18H28N2O5S2. The van der Waals surface area contributed by atoms with E-state index in [1.54, 1.807) is 18.7 Å². The molecule has 9 heteroatoms. The SMILES string of the molecule is CCN(CC)S(=O)(=O)c1sc2c(c1C(=O)OC)CCN(C(=O)CC(C)C)C2. The summed E-state index contributed by atoms with van der Waals surface area (Å²) >= 11 is 1.09. The first-order valence-corrected chi connectivity index (χ1v) is 11.4. The van der Waals surface area contributed by atoms with Gasteiger partial charge in [0.1, 0.15) is 4.21 Å². The first-order valence-electron chi connectivity index (χ1n) is 9.18. The van der Waals surface area contributed by atoms with Crippen LogP contribution in [0.3, 0.4) is 0 Å². The number of methoxy groups -OCH3 is 1. The summed E-state index contributed by atoms with van der Waals surface area (Å²) in [6, 6.07) is 0. The van der Waals surface area contributed by atoms with Crippen molar-refractivity contribution in [1.82, 2.24) is 9.21 Å². The quantitative estimate of drug-likeness (QED) is 0.638. The highest BCUT2D eigenvalue weighted by molar-refractivity contribution is 7.91. The fourth-order valence-electron chi connectivity index (χ4n) is 3.24. The van der Waals surface area contributed by atoms with Crippen molar-refractivity contribution in [2.75, 3.05) is 26.7 Å². The summed E-state index contributed by atoms with van der Waals surface area (Å²) in [5, 5.41) is 0. The number of fused-ring (bicyclic) bond motifs is 1. The number of hydrogen-bond donors (Lipinski definition) is 0. The summed E-state index contributed by atoms with van der Waals surface area (Å²) in [5.74, 6) is -0.330. The molecule has 1 aliphatic heterocycles. The van der Waals surface area contributed by atoms with Crippen LogP contribution in [0.2, 0.25) is 0 Å². The Morgan fingerprint density at radius 1 is 1.26 bits per heavy atom. The van der Waals surface area contributed by atoms with Gasteiger partial charge in [0.25, 0.3) is 10.0 Å². The molecule has 0 saturated heterocycles. The van der Waals surface area contributed by atoms with E-state index in [-0.39, 0.29) is 21.6 Å². The lowest BCUT2D eigenvalue weighted by molar-refractivity contribution is -0.132. The van der Waals surface area contributed by atoms with Crippen molar-refractivity contribution in [1.29, 1.82) is 0 Å². The highest BCUT2D eigenvalue weighted by Crippen LogP contribution is 2.38. The first-order chi connectivity index (χ1) is 12.7. The van der Waals surface area contributed by atoms with E-state index in [1.807, 2.05) is 13.8 Å². The molecule has 1 amide bonds. The predicted octanol–water partition coefficient (Wildman–Crippen LogP) is 2.50. The Labute approximate surface area is 165 Å². The molecule has 2 rings (SSSR count). The van der Waals surface area contributed by atoms with Crippen molar-refractivity contribution >= 4 is 33.2 Å². The molecular weight excluding hydrogens is 388 g/mol. The maximum absolute atomic E-state index is 13.1. The molecule has 0 saturated carbocycles. The lowest BCUT2D eigenvalue weighted by atomic mass is 10.0. The maximum Gasteiger partial charge on any atom is 0.340 e. The Morgan fingerprint density at radius 2 is 1.89 bits per heavy atom. The third-order valence-corrected chi connectivity index (χ3v) is 8.39. The minimum Gasteiger partial charge on any atom is -0.465 e. The zero-order valence-corrected chi connectivity index (χ0v) is 18.2. The van der Waals surface area contributed by atoms with E-state index >= 15 is 0 Å². The van der Waals surface area contributed by atoms with Gasteiger partial charge in [0, 0.05) is 30.9 Å².